The van der Waals surface area contributed by atoms with Crippen LogP contribution in [0.4, 0.5) is 13.2 Å². The lowest BCUT2D eigenvalue weighted by Gasteiger charge is -2.14. The summed E-state index contributed by atoms with van der Waals surface area (Å²) in [6.45, 7) is 6.39. The Hall–Kier alpha value is -3.36. The molecule has 0 N–H and O–H groups in total. The third-order valence-corrected chi connectivity index (χ3v) is 5.95. The minimum absolute atomic E-state index is 0.0990. The van der Waals surface area contributed by atoms with Crippen LogP contribution in [-0.4, -0.2) is 39.8 Å². The number of pyridine rings is 1. The van der Waals surface area contributed by atoms with Gasteiger partial charge in [-0.3, -0.25) is 9.20 Å². The van der Waals surface area contributed by atoms with Gasteiger partial charge in [-0.05, 0) is 69.0 Å². The second-order valence-corrected chi connectivity index (χ2v) is 9.73. The van der Waals surface area contributed by atoms with E-state index in [0.717, 1.165) is 47.4 Å². The summed E-state index contributed by atoms with van der Waals surface area (Å²) < 4.78 is 45.5. The number of aromatic nitrogens is 2. The molecule has 4 rings (SSSR count). The molecule has 3 aromatic rings. The smallest absolute Gasteiger partial charge is 0.389 e. The molecular weight excluding hydrogens is 483 g/mol. The summed E-state index contributed by atoms with van der Waals surface area (Å²) in [7, 11) is 0. The molecule has 2 aromatic heterocycles. The summed E-state index contributed by atoms with van der Waals surface area (Å²) in [5.74, 6) is 0.481. The van der Waals surface area contributed by atoms with Crippen molar-refractivity contribution in [1.29, 1.82) is 0 Å². The molecule has 6 nitrogen and oxygen atoms in total. The SMILES string of the molecule is CCCO/N=C(/c1ccn2c(-c3cc(CC(=O)CCC(F)(F)F)cc(OC(C)C)c3)cnc2c1)C1CC1. The van der Waals surface area contributed by atoms with Gasteiger partial charge in [0.05, 0.1) is 30.1 Å². The first-order valence-corrected chi connectivity index (χ1v) is 12.7. The van der Waals surface area contributed by atoms with Crippen molar-refractivity contribution in [1.82, 2.24) is 9.38 Å². The minimum Gasteiger partial charge on any atom is -0.491 e. The van der Waals surface area contributed by atoms with Crippen molar-refractivity contribution in [2.24, 2.45) is 11.1 Å². The van der Waals surface area contributed by atoms with Crippen molar-refractivity contribution in [3.63, 3.8) is 0 Å². The highest BCUT2D eigenvalue weighted by molar-refractivity contribution is 6.04. The number of hydrogen-bond acceptors (Lipinski definition) is 5. The molecule has 1 aromatic carbocycles. The van der Waals surface area contributed by atoms with Crippen LogP contribution in [0.3, 0.4) is 0 Å². The molecule has 37 heavy (non-hydrogen) atoms. The Kier molecular flexibility index (Phi) is 8.19. The van der Waals surface area contributed by atoms with Crippen LogP contribution in [0.15, 0.2) is 47.9 Å². The largest absolute Gasteiger partial charge is 0.491 e. The predicted octanol–water partition coefficient (Wildman–Crippen LogP) is 6.78. The third-order valence-electron chi connectivity index (χ3n) is 5.95. The monoisotopic (exact) mass is 515 g/mol. The summed E-state index contributed by atoms with van der Waals surface area (Å²) in [6.07, 6.45) is 0.510. The van der Waals surface area contributed by atoms with Gasteiger partial charge in [-0.1, -0.05) is 12.1 Å². The number of halogens is 3. The van der Waals surface area contributed by atoms with Crippen molar-refractivity contribution in [3.8, 4) is 17.0 Å². The summed E-state index contributed by atoms with van der Waals surface area (Å²) in [5.41, 5.74) is 4.78. The van der Waals surface area contributed by atoms with Gasteiger partial charge in [-0.15, -0.1) is 0 Å². The van der Waals surface area contributed by atoms with Gasteiger partial charge < -0.3 is 9.57 Å². The Labute approximate surface area is 214 Å². The van der Waals surface area contributed by atoms with Crippen LogP contribution in [0.2, 0.25) is 0 Å². The van der Waals surface area contributed by atoms with E-state index in [-0.39, 0.29) is 12.5 Å². The van der Waals surface area contributed by atoms with E-state index in [4.69, 9.17) is 9.57 Å². The molecule has 0 atom stereocenters. The number of rotatable bonds is 12. The zero-order valence-corrected chi connectivity index (χ0v) is 21.3. The number of oxime groups is 1. The highest BCUT2D eigenvalue weighted by Gasteiger charge is 2.30. The van der Waals surface area contributed by atoms with Crippen molar-refractivity contribution in [3.05, 3.63) is 53.9 Å². The van der Waals surface area contributed by atoms with Gasteiger partial charge in [-0.2, -0.15) is 13.2 Å². The van der Waals surface area contributed by atoms with Crippen LogP contribution >= 0.6 is 0 Å². The number of carbonyl (C=O) groups excluding carboxylic acids is 1. The molecule has 1 saturated carbocycles. The number of carbonyl (C=O) groups is 1. The molecule has 0 bridgehead atoms. The normalized spacial score (nSPS) is 14.4. The number of nitrogens with zero attached hydrogens (tertiary/aromatic N) is 3. The summed E-state index contributed by atoms with van der Waals surface area (Å²) >= 11 is 0. The number of hydrogen-bond donors (Lipinski definition) is 0. The van der Waals surface area contributed by atoms with E-state index >= 15 is 0 Å². The second kappa shape index (κ2) is 11.4. The second-order valence-electron chi connectivity index (χ2n) is 9.73. The fourth-order valence-corrected chi connectivity index (χ4v) is 4.13. The van der Waals surface area contributed by atoms with Crippen LogP contribution in [0, 0.1) is 5.92 Å². The summed E-state index contributed by atoms with van der Waals surface area (Å²) in [4.78, 5) is 22.3. The van der Waals surface area contributed by atoms with Gasteiger partial charge in [-0.25, -0.2) is 4.98 Å². The Bertz CT molecular complexity index is 1280. The molecule has 2 heterocycles. The van der Waals surface area contributed by atoms with Crippen molar-refractivity contribution in [2.75, 3.05) is 6.61 Å². The highest BCUT2D eigenvalue weighted by atomic mass is 19.4. The summed E-state index contributed by atoms with van der Waals surface area (Å²) in [6, 6.07) is 9.35. The topological polar surface area (TPSA) is 65.2 Å². The summed E-state index contributed by atoms with van der Waals surface area (Å²) in [5, 5.41) is 4.39. The van der Waals surface area contributed by atoms with Gasteiger partial charge in [0.15, 0.2) is 0 Å². The molecular formula is C28H32F3N3O3. The molecule has 198 valence electrons. The quantitative estimate of drug-likeness (QED) is 0.151. The molecule has 1 fully saturated rings. The first-order valence-electron chi connectivity index (χ1n) is 12.7. The van der Waals surface area contributed by atoms with Crippen LogP contribution in [0.5, 0.6) is 5.75 Å². The fourth-order valence-electron chi connectivity index (χ4n) is 4.13. The van der Waals surface area contributed by atoms with Gasteiger partial charge >= 0.3 is 6.18 Å². The van der Waals surface area contributed by atoms with Gasteiger partial charge in [0, 0.05) is 36.1 Å². The first-order chi connectivity index (χ1) is 17.6. The molecule has 0 spiro atoms. The van der Waals surface area contributed by atoms with Crippen molar-refractivity contribution >= 4 is 17.1 Å². The Morgan fingerprint density at radius 1 is 1.22 bits per heavy atom. The van der Waals surface area contributed by atoms with Crippen LogP contribution in [0.25, 0.3) is 16.9 Å². The maximum Gasteiger partial charge on any atom is 0.389 e. The first kappa shape index (κ1) is 26.7. The Morgan fingerprint density at radius 3 is 2.68 bits per heavy atom. The zero-order valence-electron chi connectivity index (χ0n) is 21.3. The lowest BCUT2D eigenvalue weighted by molar-refractivity contribution is -0.143. The fraction of sp³-hybridized carbons (Fsp3) is 0.464. The standard InChI is InChI=1S/C28H32F3N3O3/c1-4-11-36-33-27(20-5-6-20)21-8-10-34-25(17-32-26(34)16-21)22-12-19(14-24(15-22)37-18(2)3)13-23(35)7-9-28(29,30)31/h8,10,12,14-18,20H,4-7,9,11,13H2,1-3H3/b33-27+. The molecule has 1 aliphatic rings. The van der Waals surface area contributed by atoms with E-state index in [1.165, 1.54) is 0 Å². The predicted molar refractivity (Wildman–Crippen MR) is 136 cm³/mol. The number of ether oxygens (including phenoxy) is 1. The molecule has 1 aliphatic carbocycles. The maximum absolute atomic E-state index is 12.6. The zero-order chi connectivity index (χ0) is 26.6. The van der Waals surface area contributed by atoms with E-state index in [0.29, 0.717) is 23.8 Å². The number of benzene rings is 1. The van der Waals surface area contributed by atoms with Crippen LogP contribution < -0.4 is 4.74 Å². The third kappa shape index (κ3) is 7.33. The highest BCUT2D eigenvalue weighted by Crippen LogP contribution is 2.34. The molecule has 0 saturated heterocycles. The van der Waals surface area contributed by atoms with Crippen molar-refractivity contribution in [2.45, 2.75) is 71.6 Å². The molecule has 0 aliphatic heterocycles. The van der Waals surface area contributed by atoms with Gasteiger partial charge in [0.1, 0.15) is 23.8 Å². The number of Topliss-reactive ketones (excluding diaryl/α,β-unsaturated/α-hetero) is 1. The molecule has 0 amide bonds. The lowest BCUT2D eigenvalue weighted by Crippen LogP contribution is -2.12. The van der Waals surface area contributed by atoms with E-state index in [1.54, 1.807) is 12.3 Å². The Morgan fingerprint density at radius 2 is 2.00 bits per heavy atom. The molecule has 0 unspecified atom stereocenters. The molecule has 9 heteroatoms. The van der Waals surface area contributed by atoms with E-state index in [9.17, 15) is 18.0 Å². The maximum atomic E-state index is 12.6. The number of alkyl halides is 3. The van der Waals surface area contributed by atoms with E-state index in [2.05, 4.69) is 10.1 Å². The van der Waals surface area contributed by atoms with Crippen LogP contribution in [-0.2, 0) is 16.1 Å². The van der Waals surface area contributed by atoms with E-state index in [1.807, 2.05) is 55.6 Å². The van der Waals surface area contributed by atoms with Crippen LogP contribution in [0.1, 0.15) is 64.0 Å². The molecule has 0 radical (unpaired) electrons. The van der Waals surface area contributed by atoms with Crippen molar-refractivity contribution < 1.29 is 27.5 Å². The minimum atomic E-state index is -4.36. The van der Waals surface area contributed by atoms with E-state index < -0.39 is 24.8 Å². The number of ketones is 1. The number of imidazole rings is 1. The number of fused-ring (bicyclic) bond motifs is 1. The average Bonchev–Trinajstić information content (AvgIpc) is 3.57. The lowest BCUT2D eigenvalue weighted by atomic mass is 10.0. The van der Waals surface area contributed by atoms with Gasteiger partial charge in [0.25, 0.3) is 0 Å². The van der Waals surface area contributed by atoms with Gasteiger partial charge in [0.2, 0.25) is 0 Å². The Balaban J connectivity index is 1.64. The average molecular weight is 516 g/mol.